The van der Waals surface area contributed by atoms with Gasteiger partial charge in [0.15, 0.2) is 0 Å². The summed E-state index contributed by atoms with van der Waals surface area (Å²) in [7, 11) is 4.55. The van der Waals surface area contributed by atoms with Crippen molar-refractivity contribution in [3.8, 4) is 0 Å². The highest BCUT2D eigenvalue weighted by Gasteiger charge is 2.58. The van der Waals surface area contributed by atoms with Crippen LogP contribution in [0.3, 0.4) is 0 Å². The smallest absolute Gasteiger partial charge is 0.0127 e. The minimum Gasteiger partial charge on any atom is -0.306 e. The molecule has 0 aliphatic heterocycles. The highest BCUT2D eigenvalue weighted by Crippen LogP contribution is 2.68. The molecule has 3 fully saturated rings. The monoisotopic (exact) mass is 427 g/mol. The maximum atomic E-state index is 2.73. The Morgan fingerprint density at radius 3 is 2.47 bits per heavy atom. The fourth-order valence-corrected chi connectivity index (χ4v) is 9.05. The second kappa shape index (κ2) is 7.45. The van der Waals surface area contributed by atoms with Crippen LogP contribution in [0.2, 0.25) is 0 Å². The molecule has 0 N–H and O–H groups in total. The fourth-order valence-electron chi connectivity index (χ4n) is 9.05. The van der Waals surface area contributed by atoms with Crippen molar-refractivity contribution in [1.29, 1.82) is 0 Å². The van der Waals surface area contributed by atoms with Gasteiger partial charge in [0.2, 0.25) is 0 Å². The molecule has 0 unspecified atom stereocenters. The number of hydrogen-bond donors (Lipinski definition) is 0. The average Bonchev–Trinajstić information content (AvgIpc) is 3.15. The number of nitrogens with zero attached hydrogens (tertiary/aromatic N) is 1. The summed E-state index contributed by atoms with van der Waals surface area (Å²) in [6.07, 6.45) is 13.9. The molecular formula is C31H41N. The lowest BCUT2D eigenvalue weighted by molar-refractivity contribution is -0.0356. The second-order valence-corrected chi connectivity index (χ2v) is 12.4. The highest BCUT2D eigenvalue weighted by atomic mass is 15.1. The van der Waals surface area contributed by atoms with Crippen molar-refractivity contribution in [1.82, 2.24) is 4.90 Å². The van der Waals surface area contributed by atoms with Crippen LogP contribution in [0.4, 0.5) is 0 Å². The minimum atomic E-state index is 0.470. The van der Waals surface area contributed by atoms with Crippen LogP contribution in [0.1, 0.15) is 76.7 Å². The molecule has 2 aromatic carbocycles. The van der Waals surface area contributed by atoms with Gasteiger partial charge in [-0.25, -0.2) is 0 Å². The summed E-state index contributed by atoms with van der Waals surface area (Å²) in [5, 5.41) is 2.80. The lowest BCUT2D eigenvalue weighted by Crippen LogP contribution is -2.51. The van der Waals surface area contributed by atoms with Gasteiger partial charge in [0, 0.05) is 6.04 Å². The molecular weight excluding hydrogens is 386 g/mol. The molecule has 0 amide bonds. The van der Waals surface area contributed by atoms with Gasteiger partial charge in [0.25, 0.3) is 0 Å². The third-order valence-electron chi connectivity index (χ3n) is 11.0. The first-order valence-corrected chi connectivity index (χ1v) is 13.2. The number of rotatable bonds is 2. The first-order valence-electron chi connectivity index (χ1n) is 13.2. The summed E-state index contributed by atoms with van der Waals surface area (Å²) in [4.78, 5) is 2.47. The van der Waals surface area contributed by atoms with Crippen LogP contribution >= 0.6 is 0 Å². The van der Waals surface area contributed by atoms with E-state index in [1.807, 2.05) is 5.57 Å². The Kier molecular flexibility index (Phi) is 4.88. The molecule has 0 aromatic heterocycles. The molecule has 7 atom stereocenters. The molecule has 3 saturated carbocycles. The van der Waals surface area contributed by atoms with Crippen LogP contribution in [0.15, 0.2) is 54.1 Å². The van der Waals surface area contributed by atoms with Gasteiger partial charge >= 0.3 is 0 Å². The summed E-state index contributed by atoms with van der Waals surface area (Å²) < 4.78 is 0. The van der Waals surface area contributed by atoms with E-state index >= 15 is 0 Å². The van der Waals surface area contributed by atoms with E-state index in [0.717, 1.165) is 29.7 Å². The van der Waals surface area contributed by atoms with Gasteiger partial charge in [0.1, 0.15) is 0 Å². The Bertz CT molecular complexity index is 1050. The van der Waals surface area contributed by atoms with E-state index in [0.29, 0.717) is 10.8 Å². The van der Waals surface area contributed by atoms with E-state index in [2.05, 4.69) is 81.4 Å². The van der Waals surface area contributed by atoms with E-state index in [1.165, 1.54) is 62.1 Å². The molecule has 1 heteroatoms. The molecule has 4 aliphatic carbocycles. The van der Waals surface area contributed by atoms with Crippen molar-refractivity contribution in [2.75, 3.05) is 14.1 Å². The summed E-state index contributed by atoms with van der Waals surface area (Å²) in [6, 6.07) is 17.0. The summed E-state index contributed by atoms with van der Waals surface area (Å²) in [5.74, 6) is 3.46. The van der Waals surface area contributed by atoms with Gasteiger partial charge in [-0.15, -0.1) is 0 Å². The second-order valence-electron chi connectivity index (χ2n) is 12.4. The SMILES string of the molecule is CN(C)[C@H]1CC[C@@]2(C)C(=CC[C@H]3[C@@H]4CC[C@H](c5ccc6ccccc6c5)[C@@]4(C)CC[C@@H]32)C1. The number of fused-ring (bicyclic) bond motifs is 6. The standard InChI is InChI=1S/C31H41N/c1-30-17-15-25(32(3)4)20-24(30)11-12-26-28-14-13-27(31(28,2)18-16-29(26)30)23-10-9-21-7-5-6-8-22(21)19-23/h5-11,19,25-29H,12-18,20H2,1-4H3/t25-,26-,27+,28-,29-,30-,31+/m0/s1. The first kappa shape index (κ1) is 21.0. The van der Waals surface area contributed by atoms with Gasteiger partial charge in [-0.1, -0.05) is 68.0 Å². The molecule has 0 saturated heterocycles. The molecule has 2 aromatic rings. The largest absolute Gasteiger partial charge is 0.306 e. The van der Waals surface area contributed by atoms with Crippen molar-refractivity contribution >= 4 is 10.8 Å². The van der Waals surface area contributed by atoms with Crippen molar-refractivity contribution in [3.63, 3.8) is 0 Å². The van der Waals surface area contributed by atoms with E-state index in [4.69, 9.17) is 0 Å². The molecule has 0 heterocycles. The molecule has 0 radical (unpaired) electrons. The van der Waals surface area contributed by atoms with E-state index in [9.17, 15) is 0 Å². The Balaban J connectivity index is 1.30. The molecule has 4 aliphatic rings. The zero-order chi connectivity index (χ0) is 22.1. The number of hydrogen-bond acceptors (Lipinski definition) is 1. The Labute approximate surface area is 195 Å². The normalized spacial score (nSPS) is 41.2. The molecule has 6 rings (SSSR count). The predicted octanol–water partition coefficient (Wildman–Crippen LogP) is 7.82. The van der Waals surface area contributed by atoms with Crippen molar-refractivity contribution in [2.24, 2.45) is 28.6 Å². The Hall–Kier alpha value is -1.60. The van der Waals surface area contributed by atoms with Crippen LogP contribution in [0.25, 0.3) is 10.8 Å². The zero-order valence-corrected chi connectivity index (χ0v) is 20.6. The third kappa shape index (κ3) is 2.99. The molecule has 0 spiro atoms. The summed E-state index contributed by atoms with van der Waals surface area (Å²) in [5.41, 5.74) is 4.37. The van der Waals surface area contributed by atoms with Crippen LogP contribution in [0.5, 0.6) is 0 Å². The van der Waals surface area contributed by atoms with E-state index < -0.39 is 0 Å². The van der Waals surface area contributed by atoms with Gasteiger partial charge in [0.05, 0.1) is 0 Å². The van der Waals surface area contributed by atoms with Gasteiger partial charge in [-0.05, 0) is 116 Å². The summed E-state index contributed by atoms with van der Waals surface area (Å²) in [6.45, 7) is 5.32. The quantitative estimate of drug-likeness (QED) is 0.442. The molecule has 32 heavy (non-hydrogen) atoms. The van der Waals surface area contributed by atoms with Gasteiger partial charge in [-0.3, -0.25) is 0 Å². The van der Waals surface area contributed by atoms with E-state index in [1.54, 1.807) is 5.56 Å². The van der Waals surface area contributed by atoms with Crippen LogP contribution < -0.4 is 0 Å². The third-order valence-corrected chi connectivity index (χ3v) is 11.0. The van der Waals surface area contributed by atoms with Gasteiger partial charge < -0.3 is 4.90 Å². The van der Waals surface area contributed by atoms with Crippen LogP contribution in [-0.2, 0) is 0 Å². The van der Waals surface area contributed by atoms with Crippen molar-refractivity contribution in [2.45, 2.75) is 77.2 Å². The van der Waals surface area contributed by atoms with Crippen LogP contribution in [0, 0.1) is 28.6 Å². The number of benzene rings is 2. The van der Waals surface area contributed by atoms with Crippen molar-refractivity contribution < 1.29 is 0 Å². The predicted molar refractivity (Wildman–Crippen MR) is 136 cm³/mol. The molecule has 170 valence electrons. The zero-order valence-electron chi connectivity index (χ0n) is 20.6. The average molecular weight is 428 g/mol. The lowest BCUT2D eigenvalue weighted by Gasteiger charge is -2.58. The minimum absolute atomic E-state index is 0.470. The van der Waals surface area contributed by atoms with Crippen molar-refractivity contribution in [3.05, 3.63) is 59.7 Å². The molecule has 0 bridgehead atoms. The maximum Gasteiger partial charge on any atom is 0.0127 e. The maximum absolute atomic E-state index is 2.73. The first-order chi connectivity index (χ1) is 15.4. The van der Waals surface area contributed by atoms with Crippen LogP contribution in [-0.4, -0.2) is 25.0 Å². The van der Waals surface area contributed by atoms with Gasteiger partial charge in [-0.2, -0.15) is 0 Å². The fraction of sp³-hybridized carbons (Fsp3) is 0.613. The van der Waals surface area contributed by atoms with E-state index in [-0.39, 0.29) is 0 Å². The highest BCUT2D eigenvalue weighted by molar-refractivity contribution is 5.83. The number of allylic oxidation sites excluding steroid dienone is 1. The Morgan fingerprint density at radius 1 is 0.844 bits per heavy atom. The topological polar surface area (TPSA) is 3.24 Å². The summed E-state index contributed by atoms with van der Waals surface area (Å²) >= 11 is 0. The Morgan fingerprint density at radius 2 is 1.66 bits per heavy atom. The lowest BCUT2D eigenvalue weighted by atomic mass is 9.47. The molecule has 1 nitrogen and oxygen atoms in total.